The fraction of sp³-hybridized carbons (Fsp3) is 0.308. The number of rotatable bonds is 1. The van der Waals surface area contributed by atoms with Crippen LogP contribution in [0.5, 0.6) is 11.5 Å². The van der Waals surface area contributed by atoms with E-state index in [-0.39, 0.29) is 0 Å². The van der Waals surface area contributed by atoms with Gasteiger partial charge >= 0.3 is 0 Å². The highest BCUT2D eigenvalue weighted by Crippen LogP contribution is 2.42. The van der Waals surface area contributed by atoms with Gasteiger partial charge in [0, 0.05) is 0 Å². The van der Waals surface area contributed by atoms with E-state index >= 15 is 0 Å². The monoisotopic (exact) mass is 246 g/mol. The zero-order valence-corrected chi connectivity index (χ0v) is 10.3. The number of aromatic nitrogens is 1. The molecule has 1 aliphatic rings. The molecular weight excluding hydrogens is 232 g/mol. The standard InChI is InChI=1S/C13H14N2O3/c1-7-8(2)12-11(16-3-4-17-12)5-9(7)10-6-15-18-13(10)14/h5-6H,3-4,14H2,1-2H3. The quantitative estimate of drug-likeness (QED) is 0.836. The minimum atomic E-state index is 0.314. The zero-order valence-electron chi connectivity index (χ0n) is 10.3. The van der Waals surface area contributed by atoms with Crippen LogP contribution >= 0.6 is 0 Å². The first-order valence-corrected chi connectivity index (χ1v) is 5.79. The van der Waals surface area contributed by atoms with Crippen LogP contribution in [0.3, 0.4) is 0 Å². The topological polar surface area (TPSA) is 70.5 Å². The second-order valence-corrected chi connectivity index (χ2v) is 4.30. The number of nitrogens with zero attached hydrogens (tertiary/aromatic N) is 1. The van der Waals surface area contributed by atoms with E-state index in [1.54, 1.807) is 6.20 Å². The predicted octanol–water partition coefficient (Wildman–Crippen LogP) is 2.31. The van der Waals surface area contributed by atoms with Gasteiger partial charge in [0.1, 0.15) is 13.2 Å². The molecule has 1 aromatic carbocycles. The number of hydrogen-bond donors (Lipinski definition) is 1. The van der Waals surface area contributed by atoms with Crippen molar-refractivity contribution in [2.75, 3.05) is 18.9 Å². The van der Waals surface area contributed by atoms with Crippen LogP contribution in [0.2, 0.25) is 0 Å². The van der Waals surface area contributed by atoms with Crippen molar-refractivity contribution in [2.45, 2.75) is 13.8 Å². The predicted molar refractivity (Wildman–Crippen MR) is 66.8 cm³/mol. The molecular formula is C13H14N2O3. The lowest BCUT2D eigenvalue weighted by atomic mass is 9.97. The molecule has 1 aromatic heterocycles. The molecule has 94 valence electrons. The Morgan fingerprint density at radius 1 is 1.11 bits per heavy atom. The van der Waals surface area contributed by atoms with Crippen LogP contribution in [0.1, 0.15) is 11.1 Å². The van der Waals surface area contributed by atoms with Gasteiger partial charge in [-0.2, -0.15) is 0 Å². The van der Waals surface area contributed by atoms with E-state index in [1.807, 2.05) is 19.9 Å². The van der Waals surface area contributed by atoms with Gasteiger partial charge in [-0.15, -0.1) is 0 Å². The van der Waals surface area contributed by atoms with Crippen molar-refractivity contribution in [1.29, 1.82) is 0 Å². The SMILES string of the molecule is Cc1c(-c2cnoc2N)cc2c(c1C)OCCO2. The fourth-order valence-electron chi connectivity index (χ4n) is 2.17. The first-order chi connectivity index (χ1) is 8.68. The van der Waals surface area contributed by atoms with Crippen LogP contribution < -0.4 is 15.2 Å². The van der Waals surface area contributed by atoms with Gasteiger partial charge in [-0.1, -0.05) is 5.16 Å². The van der Waals surface area contributed by atoms with Crippen molar-refractivity contribution in [3.8, 4) is 22.6 Å². The molecule has 0 unspecified atom stereocenters. The zero-order chi connectivity index (χ0) is 12.7. The third-order valence-corrected chi connectivity index (χ3v) is 3.28. The molecule has 0 fully saturated rings. The first kappa shape index (κ1) is 11.0. The normalized spacial score (nSPS) is 13.7. The molecule has 3 rings (SSSR count). The molecule has 0 amide bonds. The lowest BCUT2D eigenvalue weighted by Crippen LogP contribution is -2.16. The second-order valence-electron chi connectivity index (χ2n) is 4.30. The molecule has 0 saturated carbocycles. The molecule has 0 aliphatic carbocycles. The summed E-state index contributed by atoms with van der Waals surface area (Å²) in [6, 6.07) is 1.93. The molecule has 1 aliphatic heterocycles. The molecule has 5 heteroatoms. The summed E-state index contributed by atoms with van der Waals surface area (Å²) >= 11 is 0. The van der Waals surface area contributed by atoms with Crippen LogP contribution in [-0.4, -0.2) is 18.4 Å². The first-order valence-electron chi connectivity index (χ1n) is 5.79. The molecule has 18 heavy (non-hydrogen) atoms. The molecule has 0 spiro atoms. The van der Waals surface area contributed by atoms with E-state index in [9.17, 15) is 0 Å². The summed E-state index contributed by atoms with van der Waals surface area (Å²) in [4.78, 5) is 0. The van der Waals surface area contributed by atoms with Crippen molar-refractivity contribution in [3.05, 3.63) is 23.4 Å². The van der Waals surface area contributed by atoms with Gasteiger partial charge in [-0.25, -0.2) is 0 Å². The van der Waals surface area contributed by atoms with E-state index in [0.29, 0.717) is 19.1 Å². The Bertz CT molecular complexity index is 605. The van der Waals surface area contributed by atoms with Crippen molar-refractivity contribution >= 4 is 5.88 Å². The Kier molecular flexibility index (Phi) is 2.40. The molecule has 0 atom stereocenters. The molecule has 0 saturated heterocycles. The van der Waals surface area contributed by atoms with E-state index in [1.165, 1.54) is 0 Å². The number of anilines is 1. The van der Waals surface area contributed by atoms with Gasteiger partial charge in [-0.05, 0) is 36.6 Å². The van der Waals surface area contributed by atoms with Gasteiger partial charge in [0.25, 0.3) is 0 Å². The Balaban J connectivity index is 2.22. The van der Waals surface area contributed by atoms with Crippen molar-refractivity contribution < 1.29 is 14.0 Å². The maximum Gasteiger partial charge on any atom is 0.229 e. The van der Waals surface area contributed by atoms with E-state index in [0.717, 1.165) is 33.8 Å². The van der Waals surface area contributed by atoms with Crippen molar-refractivity contribution in [1.82, 2.24) is 5.16 Å². The van der Waals surface area contributed by atoms with Crippen LogP contribution in [0.15, 0.2) is 16.8 Å². The maximum atomic E-state index is 5.77. The maximum absolute atomic E-state index is 5.77. The third-order valence-electron chi connectivity index (χ3n) is 3.28. The fourth-order valence-corrected chi connectivity index (χ4v) is 2.17. The van der Waals surface area contributed by atoms with Gasteiger partial charge in [-0.3, -0.25) is 0 Å². The lowest BCUT2D eigenvalue weighted by molar-refractivity contribution is 0.170. The van der Waals surface area contributed by atoms with E-state index in [2.05, 4.69) is 5.16 Å². The minimum absolute atomic E-state index is 0.314. The van der Waals surface area contributed by atoms with Gasteiger partial charge in [0.15, 0.2) is 11.5 Å². The number of nitrogen functional groups attached to an aromatic ring is 1. The summed E-state index contributed by atoms with van der Waals surface area (Å²) in [7, 11) is 0. The van der Waals surface area contributed by atoms with Gasteiger partial charge in [0.05, 0.1) is 11.8 Å². The Labute approximate surface area is 104 Å². The van der Waals surface area contributed by atoms with Gasteiger partial charge in [0.2, 0.25) is 5.88 Å². The Morgan fingerprint density at radius 2 is 1.89 bits per heavy atom. The van der Waals surface area contributed by atoms with Crippen LogP contribution in [0.4, 0.5) is 5.88 Å². The van der Waals surface area contributed by atoms with Crippen LogP contribution in [0.25, 0.3) is 11.1 Å². The molecule has 0 radical (unpaired) electrons. The van der Waals surface area contributed by atoms with E-state index < -0.39 is 0 Å². The Hall–Kier alpha value is -2.17. The summed E-state index contributed by atoms with van der Waals surface area (Å²) in [6.07, 6.45) is 1.62. The number of benzene rings is 1. The molecule has 2 heterocycles. The van der Waals surface area contributed by atoms with Crippen molar-refractivity contribution in [2.24, 2.45) is 0 Å². The summed E-state index contributed by atoms with van der Waals surface area (Å²) in [5, 5.41) is 3.71. The molecule has 0 bridgehead atoms. The lowest BCUT2D eigenvalue weighted by Gasteiger charge is -2.22. The average Bonchev–Trinajstić information content (AvgIpc) is 2.80. The largest absolute Gasteiger partial charge is 0.486 e. The Morgan fingerprint density at radius 3 is 2.61 bits per heavy atom. The smallest absolute Gasteiger partial charge is 0.229 e. The van der Waals surface area contributed by atoms with Crippen LogP contribution in [-0.2, 0) is 0 Å². The highest BCUT2D eigenvalue weighted by atomic mass is 16.6. The van der Waals surface area contributed by atoms with Gasteiger partial charge < -0.3 is 19.7 Å². The molecule has 2 aromatic rings. The minimum Gasteiger partial charge on any atom is -0.486 e. The van der Waals surface area contributed by atoms with Crippen molar-refractivity contribution in [3.63, 3.8) is 0 Å². The summed E-state index contributed by atoms with van der Waals surface area (Å²) in [5.41, 5.74) is 9.67. The molecule has 2 N–H and O–H groups in total. The number of ether oxygens (including phenoxy) is 2. The highest BCUT2D eigenvalue weighted by molar-refractivity contribution is 5.78. The number of fused-ring (bicyclic) bond motifs is 1. The van der Waals surface area contributed by atoms with E-state index in [4.69, 9.17) is 19.7 Å². The number of hydrogen-bond acceptors (Lipinski definition) is 5. The highest BCUT2D eigenvalue weighted by Gasteiger charge is 2.21. The summed E-state index contributed by atoms with van der Waals surface area (Å²) < 4.78 is 16.2. The third kappa shape index (κ3) is 1.51. The second kappa shape index (κ2) is 3.94. The average molecular weight is 246 g/mol. The number of nitrogens with two attached hydrogens (primary N) is 1. The summed E-state index contributed by atoms with van der Waals surface area (Å²) in [6.45, 7) is 5.18. The van der Waals surface area contributed by atoms with Crippen LogP contribution in [0, 0.1) is 13.8 Å². The summed E-state index contributed by atoms with van der Waals surface area (Å²) in [5.74, 6) is 1.88. The molecule has 5 nitrogen and oxygen atoms in total.